The molecule has 0 amide bonds. The summed E-state index contributed by atoms with van der Waals surface area (Å²) in [5, 5.41) is 8.45. The van der Waals surface area contributed by atoms with Crippen LogP contribution in [0.4, 0.5) is 0 Å². The van der Waals surface area contributed by atoms with Crippen molar-refractivity contribution in [1.82, 2.24) is 0 Å². The van der Waals surface area contributed by atoms with Crippen molar-refractivity contribution in [3.63, 3.8) is 0 Å². The summed E-state index contributed by atoms with van der Waals surface area (Å²) < 4.78 is 0. The third-order valence-corrected chi connectivity index (χ3v) is 2.99. The molecule has 0 radical (unpaired) electrons. The number of unbranched alkanes of at least 4 members (excludes halogenated alkanes) is 2. The number of nitriles is 1. The normalized spacial score (nSPS) is 10.5. The number of hydrogen-bond donors (Lipinski definition) is 0. The quantitative estimate of drug-likeness (QED) is 0.677. The standard InChI is InChI=1S/C18H17N/c19-15-7-2-1-4-8-16-11-13-18(14-12-16)17-9-5-3-6-10-17/h3-6,8-14H,1-2,7H2. The van der Waals surface area contributed by atoms with Gasteiger partial charge in [0.2, 0.25) is 0 Å². The molecule has 94 valence electrons. The van der Waals surface area contributed by atoms with E-state index in [2.05, 4.69) is 66.8 Å². The van der Waals surface area contributed by atoms with Gasteiger partial charge in [0.05, 0.1) is 6.07 Å². The molecule has 0 bridgehead atoms. The molecule has 1 heteroatoms. The number of rotatable bonds is 5. The SMILES string of the molecule is N#CCCCC=Cc1ccc(-c2ccccc2)cc1. The van der Waals surface area contributed by atoms with Gasteiger partial charge in [-0.1, -0.05) is 66.7 Å². The molecule has 0 unspecified atom stereocenters. The zero-order chi connectivity index (χ0) is 13.3. The average Bonchev–Trinajstić information content (AvgIpc) is 2.49. The molecule has 0 fully saturated rings. The topological polar surface area (TPSA) is 23.8 Å². The lowest BCUT2D eigenvalue weighted by molar-refractivity contribution is 0.879. The highest BCUT2D eigenvalue weighted by Gasteiger charge is 1.95. The first-order valence-electron chi connectivity index (χ1n) is 6.59. The predicted octanol–water partition coefficient (Wildman–Crippen LogP) is 5.06. The number of benzene rings is 2. The summed E-state index contributed by atoms with van der Waals surface area (Å²) in [6, 6.07) is 21.1. The summed E-state index contributed by atoms with van der Waals surface area (Å²) in [6.07, 6.45) is 6.79. The molecule has 0 saturated heterocycles. The van der Waals surface area contributed by atoms with Crippen LogP contribution in [0.15, 0.2) is 60.7 Å². The van der Waals surface area contributed by atoms with Crippen molar-refractivity contribution in [2.45, 2.75) is 19.3 Å². The second-order valence-electron chi connectivity index (χ2n) is 4.44. The zero-order valence-corrected chi connectivity index (χ0v) is 10.9. The zero-order valence-electron chi connectivity index (χ0n) is 10.9. The van der Waals surface area contributed by atoms with Gasteiger partial charge in [-0.25, -0.2) is 0 Å². The van der Waals surface area contributed by atoms with Crippen LogP contribution in [-0.2, 0) is 0 Å². The van der Waals surface area contributed by atoms with Gasteiger partial charge in [0.1, 0.15) is 0 Å². The summed E-state index contributed by atoms with van der Waals surface area (Å²) in [5.41, 5.74) is 3.69. The summed E-state index contributed by atoms with van der Waals surface area (Å²) in [4.78, 5) is 0. The fourth-order valence-corrected chi connectivity index (χ4v) is 1.94. The Morgan fingerprint density at radius 3 is 2.26 bits per heavy atom. The maximum atomic E-state index is 8.45. The summed E-state index contributed by atoms with van der Waals surface area (Å²) in [5.74, 6) is 0. The Kier molecular flexibility index (Phi) is 4.96. The van der Waals surface area contributed by atoms with Crippen molar-refractivity contribution in [2.24, 2.45) is 0 Å². The van der Waals surface area contributed by atoms with Crippen molar-refractivity contribution < 1.29 is 0 Å². The molecule has 0 N–H and O–H groups in total. The minimum Gasteiger partial charge on any atom is -0.198 e. The fourth-order valence-electron chi connectivity index (χ4n) is 1.94. The van der Waals surface area contributed by atoms with Crippen LogP contribution in [0, 0.1) is 11.3 Å². The molecule has 2 aromatic rings. The van der Waals surface area contributed by atoms with Crippen molar-refractivity contribution >= 4 is 6.08 Å². The molecular weight excluding hydrogens is 230 g/mol. The van der Waals surface area contributed by atoms with Gasteiger partial charge in [-0.3, -0.25) is 0 Å². The minimum atomic E-state index is 0.636. The lowest BCUT2D eigenvalue weighted by Gasteiger charge is -2.01. The molecule has 0 aliphatic heterocycles. The lowest BCUT2D eigenvalue weighted by atomic mass is 10.0. The van der Waals surface area contributed by atoms with Gasteiger partial charge in [0, 0.05) is 6.42 Å². The van der Waals surface area contributed by atoms with E-state index in [1.165, 1.54) is 16.7 Å². The highest BCUT2D eigenvalue weighted by atomic mass is 14.2. The summed E-state index contributed by atoms with van der Waals surface area (Å²) in [7, 11) is 0. The molecule has 1 nitrogen and oxygen atoms in total. The first-order chi connectivity index (χ1) is 9.40. The lowest BCUT2D eigenvalue weighted by Crippen LogP contribution is -1.78. The monoisotopic (exact) mass is 247 g/mol. The van der Waals surface area contributed by atoms with Crippen LogP contribution in [0.25, 0.3) is 17.2 Å². The van der Waals surface area contributed by atoms with Crippen LogP contribution in [-0.4, -0.2) is 0 Å². The largest absolute Gasteiger partial charge is 0.198 e. The van der Waals surface area contributed by atoms with Crippen LogP contribution in [0.1, 0.15) is 24.8 Å². The molecule has 0 atom stereocenters. The Morgan fingerprint density at radius 2 is 1.58 bits per heavy atom. The highest BCUT2D eigenvalue weighted by molar-refractivity contribution is 5.65. The van der Waals surface area contributed by atoms with E-state index in [-0.39, 0.29) is 0 Å². The number of allylic oxidation sites excluding steroid dienone is 1. The van der Waals surface area contributed by atoms with E-state index in [1.54, 1.807) is 0 Å². The smallest absolute Gasteiger partial charge is 0.0621 e. The molecule has 2 rings (SSSR count). The van der Waals surface area contributed by atoms with Crippen LogP contribution in [0.5, 0.6) is 0 Å². The van der Waals surface area contributed by atoms with Gasteiger partial charge >= 0.3 is 0 Å². The van der Waals surface area contributed by atoms with Crippen LogP contribution in [0.2, 0.25) is 0 Å². The molecule has 0 aliphatic carbocycles. The van der Waals surface area contributed by atoms with Gasteiger partial charge in [-0.05, 0) is 29.5 Å². The Morgan fingerprint density at radius 1 is 0.895 bits per heavy atom. The second kappa shape index (κ2) is 7.18. The molecular formula is C18H17N. The third kappa shape index (κ3) is 4.12. The minimum absolute atomic E-state index is 0.636. The second-order valence-corrected chi connectivity index (χ2v) is 4.44. The van der Waals surface area contributed by atoms with Crippen LogP contribution < -0.4 is 0 Å². The Hall–Kier alpha value is -2.33. The van der Waals surface area contributed by atoms with Gasteiger partial charge in [-0.15, -0.1) is 0 Å². The van der Waals surface area contributed by atoms with Crippen LogP contribution >= 0.6 is 0 Å². The Bertz CT molecular complexity index is 559. The number of nitrogens with zero attached hydrogens (tertiary/aromatic N) is 1. The van der Waals surface area contributed by atoms with E-state index in [4.69, 9.17) is 5.26 Å². The van der Waals surface area contributed by atoms with Gasteiger partial charge < -0.3 is 0 Å². The molecule has 2 aromatic carbocycles. The third-order valence-electron chi connectivity index (χ3n) is 2.99. The van der Waals surface area contributed by atoms with Gasteiger partial charge in [0.15, 0.2) is 0 Å². The van der Waals surface area contributed by atoms with Crippen molar-refractivity contribution in [2.75, 3.05) is 0 Å². The fraction of sp³-hybridized carbons (Fsp3) is 0.167. The Labute approximate surface area is 114 Å². The van der Waals surface area contributed by atoms with E-state index >= 15 is 0 Å². The molecule has 19 heavy (non-hydrogen) atoms. The van der Waals surface area contributed by atoms with E-state index in [0.29, 0.717) is 6.42 Å². The van der Waals surface area contributed by atoms with Gasteiger partial charge in [-0.2, -0.15) is 5.26 Å². The molecule has 0 saturated carbocycles. The first-order valence-corrected chi connectivity index (χ1v) is 6.59. The van der Waals surface area contributed by atoms with Crippen molar-refractivity contribution in [3.05, 3.63) is 66.2 Å². The first kappa shape index (κ1) is 13.1. The summed E-state index contributed by atoms with van der Waals surface area (Å²) >= 11 is 0. The molecule has 0 spiro atoms. The Balaban J connectivity index is 1.97. The molecule has 0 aliphatic rings. The van der Waals surface area contributed by atoms with Crippen molar-refractivity contribution in [1.29, 1.82) is 5.26 Å². The van der Waals surface area contributed by atoms with Crippen molar-refractivity contribution in [3.8, 4) is 17.2 Å². The van der Waals surface area contributed by atoms with E-state index < -0.39 is 0 Å². The number of hydrogen-bond acceptors (Lipinski definition) is 1. The summed E-state index contributed by atoms with van der Waals surface area (Å²) in [6.45, 7) is 0. The maximum absolute atomic E-state index is 8.45. The van der Waals surface area contributed by atoms with E-state index in [1.807, 2.05) is 6.07 Å². The predicted molar refractivity (Wildman–Crippen MR) is 80.4 cm³/mol. The maximum Gasteiger partial charge on any atom is 0.0621 e. The highest BCUT2D eigenvalue weighted by Crippen LogP contribution is 2.19. The van der Waals surface area contributed by atoms with Crippen LogP contribution in [0.3, 0.4) is 0 Å². The van der Waals surface area contributed by atoms with E-state index in [9.17, 15) is 0 Å². The molecule has 0 heterocycles. The average molecular weight is 247 g/mol. The van der Waals surface area contributed by atoms with Gasteiger partial charge in [0.25, 0.3) is 0 Å². The van der Waals surface area contributed by atoms with E-state index in [0.717, 1.165) is 12.8 Å². The molecule has 0 aromatic heterocycles.